The van der Waals surface area contributed by atoms with E-state index >= 15 is 0 Å². The van der Waals surface area contributed by atoms with Crippen LogP contribution in [0.1, 0.15) is 5.56 Å². The highest BCUT2D eigenvalue weighted by molar-refractivity contribution is 7.91. The summed E-state index contributed by atoms with van der Waals surface area (Å²) >= 11 is 0. The Morgan fingerprint density at radius 1 is 1.50 bits per heavy atom. The average molecular weight is 210 g/mol. The number of hydrogen-bond donors (Lipinski definition) is 1. The summed E-state index contributed by atoms with van der Waals surface area (Å²) in [6.45, 7) is 1.74. The molecule has 0 spiro atoms. The number of phenolic OH excluding ortho intramolecular Hbond substituents is 1. The van der Waals surface area contributed by atoms with E-state index in [-0.39, 0.29) is 10.6 Å². The van der Waals surface area contributed by atoms with Gasteiger partial charge in [0.15, 0.2) is 9.84 Å². The molecule has 3 nitrogen and oxygen atoms in total. The number of benzene rings is 1. The molecule has 1 N–H and O–H groups in total. The molecule has 0 unspecified atom stereocenters. The lowest BCUT2D eigenvalue weighted by Gasteiger charge is -2.04. The minimum Gasteiger partial charge on any atom is -0.507 e. The van der Waals surface area contributed by atoms with Gasteiger partial charge in [0.05, 0.1) is 0 Å². The van der Waals surface area contributed by atoms with Crippen LogP contribution in [0.15, 0.2) is 23.1 Å². The van der Waals surface area contributed by atoms with Crippen LogP contribution in [0.25, 0.3) is 0 Å². The Morgan fingerprint density at radius 3 is 2.71 bits per heavy atom. The lowest BCUT2D eigenvalue weighted by atomic mass is 10.2. The van der Waals surface area contributed by atoms with Gasteiger partial charge in [-0.25, -0.2) is 8.42 Å². The smallest absolute Gasteiger partial charge is 0.193 e. The largest absolute Gasteiger partial charge is 0.507 e. The first-order valence-electron chi connectivity index (χ1n) is 3.93. The van der Waals surface area contributed by atoms with Crippen LogP contribution in [-0.4, -0.2) is 19.3 Å². The summed E-state index contributed by atoms with van der Waals surface area (Å²) in [5, 5.41) is 9.35. The average Bonchev–Trinajstić information content (AvgIpc) is 2.09. The first-order valence-corrected chi connectivity index (χ1v) is 5.58. The fourth-order valence-electron chi connectivity index (χ4n) is 1.06. The summed E-state index contributed by atoms with van der Waals surface area (Å²) in [5.41, 5.74) is 0.762. The van der Waals surface area contributed by atoms with E-state index in [9.17, 15) is 13.5 Å². The SMILES string of the molecule is C#CCS(=O)(=O)c1cc(C)ccc1O. The van der Waals surface area contributed by atoms with E-state index in [1.165, 1.54) is 12.1 Å². The van der Waals surface area contributed by atoms with Crippen LogP contribution < -0.4 is 0 Å². The van der Waals surface area contributed by atoms with Gasteiger partial charge in [0.1, 0.15) is 16.4 Å². The van der Waals surface area contributed by atoms with Crippen molar-refractivity contribution in [2.45, 2.75) is 11.8 Å². The van der Waals surface area contributed by atoms with Gasteiger partial charge in [0, 0.05) is 0 Å². The first-order chi connectivity index (χ1) is 6.47. The molecule has 0 fully saturated rings. The lowest BCUT2D eigenvalue weighted by molar-refractivity contribution is 0.458. The minimum absolute atomic E-state index is 0.101. The van der Waals surface area contributed by atoms with Gasteiger partial charge >= 0.3 is 0 Å². The zero-order valence-electron chi connectivity index (χ0n) is 7.69. The quantitative estimate of drug-likeness (QED) is 0.744. The van der Waals surface area contributed by atoms with Crippen molar-refractivity contribution in [2.24, 2.45) is 0 Å². The number of sulfone groups is 1. The predicted octanol–water partition coefficient (Wildman–Crippen LogP) is 1.11. The maximum absolute atomic E-state index is 11.5. The second-order valence-electron chi connectivity index (χ2n) is 2.93. The van der Waals surface area contributed by atoms with Crippen LogP contribution >= 0.6 is 0 Å². The molecule has 1 rings (SSSR count). The fourth-order valence-corrected chi connectivity index (χ4v) is 2.18. The molecule has 0 saturated carbocycles. The molecule has 1 aromatic carbocycles. The third-order valence-corrected chi connectivity index (χ3v) is 3.27. The van der Waals surface area contributed by atoms with Gasteiger partial charge in [0.25, 0.3) is 0 Å². The molecule has 0 bridgehead atoms. The van der Waals surface area contributed by atoms with Crippen LogP contribution in [0, 0.1) is 19.3 Å². The van der Waals surface area contributed by atoms with Crippen LogP contribution in [0.3, 0.4) is 0 Å². The summed E-state index contributed by atoms with van der Waals surface area (Å²) in [5.74, 6) is 1.40. The maximum Gasteiger partial charge on any atom is 0.193 e. The molecule has 4 heteroatoms. The standard InChI is InChI=1S/C10H10O3S/c1-3-6-14(12,13)10-7-8(2)4-5-9(10)11/h1,4-5,7,11H,6H2,2H3. The molecule has 14 heavy (non-hydrogen) atoms. The van der Waals surface area contributed by atoms with Crippen LogP contribution in [0.4, 0.5) is 0 Å². The Bertz CT molecular complexity index is 481. The first kappa shape index (κ1) is 10.6. The van der Waals surface area contributed by atoms with Crippen molar-refractivity contribution >= 4 is 9.84 Å². The molecule has 0 atom stereocenters. The molecule has 0 aromatic heterocycles. The summed E-state index contributed by atoms with van der Waals surface area (Å²) in [6, 6.07) is 4.38. The number of rotatable bonds is 2. The Balaban J connectivity index is 3.33. The highest BCUT2D eigenvalue weighted by Gasteiger charge is 2.17. The van der Waals surface area contributed by atoms with E-state index in [2.05, 4.69) is 5.92 Å². The molecule has 1 aromatic rings. The van der Waals surface area contributed by atoms with Gasteiger partial charge < -0.3 is 5.11 Å². The van der Waals surface area contributed by atoms with E-state index in [1.54, 1.807) is 13.0 Å². The zero-order chi connectivity index (χ0) is 10.8. The third kappa shape index (κ3) is 2.06. The van der Waals surface area contributed by atoms with Crippen molar-refractivity contribution in [3.8, 4) is 18.1 Å². The number of terminal acetylenes is 1. The van der Waals surface area contributed by atoms with Crippen molar-refractivity contribution < 1.29 is 13.5 Å². The molecule has 0 aliphatic rings. The summed E-state index contributed by atoms with van der Waals surface area (Å²) in [7, 11) is -3.55. The van der Waals surface area contributed by atoms with Gasteiger partial charge in [-0.1, -0.05) is 12.0 Å². The summed E-state index contributed by atoms with van der Waals surface area (Å²) in [4.78, 5) is -0.101. The molecule has 74 valence electrons. The number of phenols is 1. The van der Waals surface area contributed by atoms with Gasteiger partial charge in [-0.15, -0.1) is 6.42 Å². The molecule has 0 amide bonds. The molecule has 0 radical (unpaired) electrons. The lowest BCUT2D eigenvalue weighted by Crippen LogP contribution is -2.05. The Hall–Kier alpha value is -1.47. The maximum atomic E-state index is 11.5. The van der Waals surface area contributed by atoms with Crippen LogP contribution in [0.2, 0.25) is 0 Å². The van der Waals surface area contributed by atoms with Crippen molar-refractivity contribution in [1.29, 1.82) is 0 Å². The Kier molecular flexibility index (Phi) is 2.82. The van der Waals surface area contributed by atoms with E-state index in [0.29, 0.717) is 0 Å². The monoisotopic (exact) mass is 210 g/mol. The van der Waals surface area contributed by atoms with E-state index in [4.69, 9.17) is 6.42 Å². The second kappa shape index (κ2) is 3.72. The second-order valence-corrected chi connectivity index (χ2v) is 4.89. The van der Waals surface area contributed by atoms with Gasteiger partial charge in [-0.05, 0) is 24.6 Å². The summed E-state index contributed by atoms with van der Waals surface area (Å²) in [6.07, 6.45) is 4.93. The Morgan fingerprint density at radius 2 is 2.14 bits per heavy atom. The highest BCUT2D eigenvalue weighted by Crippen LogP contribution is 2.24. The van der Waals surface area contributed by atoms with Gasteiger partial charge in [-0.2, -0.15) is 0 Å². The van der Waals surface area contributed by atoms with Crippen LogP contribution in [0.5, 0.6) is 5.75 Å². The zero-order valence-corrected chi connectivity index (χ0v) is 8.50. The highest BCUT2D eigenvalue weighted by atomic mass is 32.2. The van der Waals surface area contributed by atoms with Gasteiger partial charge in [0.2, 0.25) is 0 Å². The number of aryl methyl sites for hydroxylation is 1. The van der Waals surface area contributed by atoms with E-state index in [1.807, 2.05) is 0 Å². The molecular weight excluding hydrogens is 200 g/mol. The van der Waals surface area contributed by atoms with Crippen molar-refractivity contribution in [3.63, 3.8) is 0 Å². The summed E-state index contributed by atoms with van der Waals surface area (Å²) < 4.78 is 23.0. The molecule has 0 aliphatic carbocycles. The van der Waals surface area contributed by atoms with Crippen molar-refractivity contribution in [2.75, 3.05) is 5.75 Å². The molecule has 0 saturated heterocycles. The topological polar surface area (TPSA) is 54.4 Å². The van der Waals surface area contributed by atoms with Crippen LogP contribution in [-0.2, 0) is 9.84 Å². The molecule has 0 aliphatic heterocycles. The molecule has 0 heterocycles. The Labute approximate surface area is 83.3 Å². The number of hydrogen-bond acceptors (Lipinski definition) is 3. The van der Waals surface area contributed by atoms with E-state index in [0.717, 1.165) is 5.56 Å². The van der Waals surface area contributed by atoms with E-state index < -0.39 is 15.6 Å². The fraction of sp³-hybridized carbons (Fsp3) is 0.200. The number of aromatic hydroxyl groups is 1. The molecular formula is C10H10O3S. The predicted molar refractivity (Wildman–Crippen MR) is 53.7 cm³/mol. The van der Waals surface area contributed by atoms with Gasteiger partial charge in [-0.3, -0.25) is 0 Å². The third-order valence-electron chi connectivity index (χ3n) is 1.72. The minimum atomic E-state index is -3.55. The van der Waals surface area contributed by atoms with Crippen molar-refractivity contribution in [1.82, 2.24) is 0 Å². The normalized spacial score (nSPS) is 10.9. The van der Waals surface area contributed by atoms with Crippen molar-refractivity contribution in [3.05, 3.63) is 23.8 Å².